The van der Waals surface area contributed by atoms with Gasteiger partial charge < -0.3 is 0 Å². The van der Waals surface area contributed by atoms with Crippen LogP contribution >= 0.6 is 22.9 Å². The number of hydrogen-bond acceptors (Lipinski definition) is 3. The summed E-state index contributed by atoms with van der Waals surface area (Å²) in [7, 11) is 0. The van der Waals surface area contributed by atoms with Gasteiger partial charge in [0.25, 0.3) is 0 Å². The molecule has 2 aromatic heterocycles. The fourth-order valence-corrected chi connectivity index (χ4v) is 2.85. The molecule has 21 heavy (non-hydrogen) atoms. The minimum atomic E-state index is -4.35. The van der Waals surface area contributed by atoms with Crippen LogP contribution in [0.1, 0.15) is 5.56 Å². The van der Waals surface area contributed by atoms with Crippen LogP contribution in [0.2, 0.25) is 5.02 Å². The van der Waals surface area contributed by atoms with Gasteiger partial charge in [0.2, 0.25) is 0 Å². The first-order valence-electron chi connectivity index (χ1n) is 5.78. The molecule has 108 valence electrons. The van der Waals surface area contributed by atoms with Crippen molar-refractivity contribution in [1.29, 1.82) is 0 Å². The van der Waals surface area contributed by atoms with Crippen LogP contribution in [0.25, 0.3) is 22.1 Å². The lowest BCUT2D eigenvalue weighted by molar-refractivity contribution is -0.137. The van der Waals surface area contributed by atoms with Crippen LogP contribution in [0, 0.1) is 0 Å². The van der Waals surface area contributed by atoms with E-state index in [2.05, 4.69) is 15.2 Å². The standard InChI is InChI=1S/C13H7ClF3N3S/c14-9-5-6-21-10(9)12-18-11(19-20-12)7-1-3-8(4-2-7)13(15,16)17/h1-6H,(H,18,19,20). The van der Waals surface area contributed by atoms with Gasteiger partial charge >= 0.3 is 6.18 Å². The van der Waals surface area contributed by atoms with Crippen LogP contribution in [-0.2, 0) is 6.18 Å². The van der Waals surface area contributed by atoms with Crippen LogP contribution in [0.5, 0.6) is 0 Å². The Morgan fingerprint density at radius 2 is 1.81 bits per heavy atom. The summed E-state index contributed by atoms with van der Waals surface area (Å²) in [5, 5.41) is 9.11. The number of nitrogens with one attached hydrogen (secondary N) is 1. The molecule has 0 spiro atoms. The molecule has 1 N–H and O–H groups in total. The fraction of sp³-hybridized carbons (Fsp3) is 0.0769. The Hall–Kier alpha value is -1.86. The normalized spacial score (nSPS) is 11.8. The fourth-order valence-electron chi connectivity index (χ4n) is 1.76. The Bertz CT molecular complexity index is 762. The highest BCUT2D eigenvalue weighted by molar-refractivity contribution is 7.14. The van der Waals surface area contributed by atoms with Crippen molar-refractivity contribution >= 4 is 22.9 Å². The van der Waals surface area contributed by atoms with E-state index >= 15 is 0 Å². The Labute approximate surface area is 126 Å². The van der Waals surface area contributed by atoms with Gasteiger partial charge in [0, 0.05) is 5.56 Å². The Balaban J connectivity index is 1.92. The summed E-state index contributed by atoms with van der Waals surface area (Å²) >= 11 is 7.40. The number of hydrogen-bond donors (Lipinski definition) is 1. The topological polar surface area (TPSA) is 41.6 Å². The smallest absolute Gasteiger partial charge is 0.258 e. The van der Waals surface area contributed by atoms with E-state index in [1.54, 1.807) is 6.07 Å². The van der Waals surface area contributed by atoms with Crippen molar-refractivity contribution in [3.8, 4) is 22.1 Å². The Morgan fingerprint density at radius 1 is 1.10 bits per heavy atom. The molecule has 0 aliphatic rings. The van der Waals surface area contributed by atoms with Gasteiger partial charge in [0.05, 0.1) is 15.5 Å². The molecular formula is C13H7ClF3N3S. The third-order valence-electron chi connectivity index (χ3n) is 2.79. The number of aromatic nitrogens is 3. The van der Waals surface area contributed by atoms with Crippen molar-refractivity contribution in [3.05, 3.63) is 46.3 Å². The maximum absolute atomic E-state index is 12.5. The monoisotopic (exact) mass is 329 g/mol. The van der Waals surface area contributed by atoms with Gasteiger partial charge in [-0.1, -0.05) is 23.7 Å². The van der Waals surface area contributed by atoms with E-state index in [0.717, 1.165) is 17.0 Å². The maximum atomic E-state index is 12.5. The van der Waals surface area contributed by atoms with Crippen LogP contribution in [0.15, 0.2) is 35.7 Å². The first-order valence-corrected chi connectivity index (χ1v) is 7.04. The van der Waals surface area contributed by atoms with Crippen molar-refractivity contribution < 1.29 is 13.2 Å². The van der Waals surface area contributed by atoms with Crippen LogP contribution < -0.4 is 0 Å². The minimum absolute atomic E-state index is 0.322. The summed E-state index contributed by atoms with van der Waals surface area (Å²) in [6.07, 6.45) is -4.35. The molecule has 0 amide bonds. The lowest BCUT2D eigenvalue weighted by Gasteiger charge is -2.05. The molecule has 0 saturated heterocycles. The zero-order valence-electron chi connectivity index (χ0n) is 10.3. The SMILES string of the molecule is FC(F)(F)c1ccc(-c2n[nH]c(-c3sccc3Cl)n2)cc1. The molecule has 0 fully saturated rings. The molecule has 1 aromatic carbocycles. The number of benzene rings is 1. The number of H-pyrrole nitrogens is 1. The molecular weight excluding hydrogens is 323 g/mol. The molecule has 0 radical (unpaired) electrons. The summed E-state index contributed by atoms with van der Waals surface area (Å²) in [5.74, 6) is 0.813. The van der Waals surface area contributed by atoms with Crippen molar-refractivity contribution in [2.24, 2.45) is 0 Å². The van der Waals surface area contributed by atoms with Crippen LogP contribution in [-0.4, -0.2) is 15.2 Å². The second kappa shape index (κ2) is 5.16. The number of halogens is 4. The molecule has 2 heterocycles. The van der Waals surface area contributed by atoms with Crippen molar-refractivity contribution in [3.63, 3.8) is 0 Å². The third-order valence-corrected chi connectivity index (χ3v) is 4.14. The first kappa shape index (κ1) is 14.1. The lowest BCUT2D eigenvalue weighted by Crippen LogP contribution is -2.04. The maximum Gasteiger partial charge on any atom is 0.416 e. The second-order valence-corrected chi connectivity index (χ2v) is 5.50. The molecule has 0 atom stereocenters. The zero-order chi connectivity index (χ0) is 15.0. The number of thiophene rings is 1. The van der Waals surface area contributed by atoms with E-state index < -0.39 is 11.7 Å². The van der Waals surface area contributed by atoms with E-state index in [1.807, 2.05) is 5.38 Å². The van der Waals surface area contributed by atoms with E-state index in [4.69, 9.17) is 11.6 Å². The van der Waals surface area contributed by atoms with Crippen molar-refractivity contribution in [2.75, 3.05) is 0 Å². The molecule has 0 aliphatic heterocycles. The molecule has 3 nitrogen and oxygen atoms in total. The Kier molecular flexibility index (Phi) is 3.46. The van der Waals surface area contributed by atoms with Gasteiger partial charge in [-0.3, -0.25) is 5.10 Å². The molecule has 3 aromatic rings. The minimum Gasteiger partial charge on any atom is -0.258 e. The summed E-state index contributed by atoms with van der Waals surface area (Å²) in [6, 6.07) is 6.42. The van der Waals surface area contributed by atoms with Gasteiger partial charge in [-0.2, -0.15) is 18.3 Å². The summed E-state index contributed by atoms with van der Waals surface area (Å²) in [5.41, 5.74) is -0.207. The molecule has 0 bridgehead atoms. The van der Waals surface area contributed by atoms with Gasteiger partial charge in [0.15, 0.2) is 11.6 Å². The van der Waals surface area contributed by atoms with Crippen LogP contribution in [0.3, 0.4) is 0 Å². The van der Waals surface area contributed by atoms with Crippen molar-refractivity contribution in [1.82, 2.24) is 15.2 Å². The predicted octanol–water partition coefficient (Wildman–Crippen LogP) is 4.87. The molecule has 0 unspecified atom stereocenters. The van der Waals surface area contributed by atoms with Gasteiger partial charge in [0.1, 0.15) is 0 Å². The summed E-state index contributed by atoms with van der Waals surface area (Å²) in [4.78, 5) is 4.99. The largest absolute Gasteiger partial charge is 0.416 e. The highest BCUT2D eigenvalue weighted by Gasteiger charge is 2.30. The number of alkyl halides is 3. The molecule has 3 rings (SSSR count). The summed E-state index contributed by atoms with van der Waals surface area (Å²) < 4.78 is 37.5. The summed E-state index contributed by atoms with van der Waals surface area (Å²) in [6.45, 7) is 0. The predicted molar refractivity (Wildman–Crippen MR) is 75.1 cm³/mol. The van der Waals surface area contributed by atoms with E-state index in [1.165, 1.54) is 23.5 Å². The molecule has 0 saturated carbocycles. The van der Waals surface area contributed by atoms with E-state index in [9.17, 15) is 13.2 Å². The highest BCUT2D eigenvalue weighted by Crippen LogP contribution is 2.33. The van der Waals surface area contributed by atoms with E-state index in [-0.39, 0.29) is 0 Å². The van der Waals surface area contributed by atoms with E-state index in [0.29, 0.717) is 22.2 Å². The third kappa shape index (κ3) is 2.79. The van der Waals surface area contributed by atoms with Gasteiger partial charge in [-0.15, -0.1) is 11.3 Å². The second-order valence-electron chi connectivity index (χ2n) is 4.18. The average Bonchev–Trinajstić information content (AvgIpc) is 3.06. The average molecular weight is 330 g/mol. The number of rotatable bonds is 2. The molecule has 8 heteroatoms. The zero-order valence-corrected chi connectivity index (χ0v) is 11.9. The van der Waals surface area contributed by atoms with Gasteiger partial charge in [-0.25, -0.2) is 4.98 Å². The van der Waals surface area contributed by atoms with Crippen molar-refractivity contribution in [2.45, 2.75) is 6.18 Å². The number of aromatic amines is 1. The highest BCUT2D eigenvalue weighted by atomic mass is 35.5. The quantitative estimate of drug-likeness (QED) is 0.728. The van der Waals surface area contributed by atoms with Gasteiger partial charge in [-0.05, 0) is 23.6 Å². The van der Waals surface area contributed by atoms with Crippen LogP contribution in [0.4, 0.5) is 13.2 Å². The number of nitrogens with zero attached hydrogens (tertiary/aromatic N) is 2. The Morgan fingerprint density at radius 3 is 2.38 bits per heavy atom. The molecule has 0 aliphatic carbocycles. The lowest BCUT2D eigenvalue weighted by atomic mass is 10.1. The first-order chi connectivity index (χ1) is 9.95.